The maximum absolute atomic E-state index is 9.96. The van der Waals surface area contributed by atoms with Gasteiger partial charge in [-0.1, -0.05) is 13.8 Å². The first-order chi connectivity index (χ1) is 5.62. The van der Waals surface area contributed by atoms with E-state index in [9.17, 15) is 4.79 Å². The van der Waals surface area contributed by atoms with Gasteiger partial charge < -0.3 is 9.47 Å². The summed E-state index contributed by atoms with van der Waals surface area (Å²) in [7, 11) is 2.97. The van der Waals surface area contributed by atoms with Crippen LogP contribution in [0.15, 0.2) is 0 Å². The zero-order chi connectivity index (χ0) is 9.98. The molecule has 0 aliphatic carbocycles. The number of hydrogen-bond acceptors (Lipinski definition) is 4. The van der Waals surface area contributed by atoms with Crippen LogP contribution in [0.5, 0.6) is 0 Å². The predicted octanol–water partition coefficient (Wildman–Crippen LogP) is 1.94. The van der Waals surface area contributed by atoms with E-state index in [0.717, 1.165) is 6.42 Å². The molecule has 0 bridgehead atoms. The molecule has 0 saturated heterocycles. The van der Waals surface area contributed by atoms with Gasteiger partial charge in [-0.3, -0.25) is 4.79 Å². The molecular formula is C8H16O3S. The Morgan fingerprint density at radius 3 is 1.67 bits per heavy atom. The van der Waals surface area contributed by atoms with E-state index in [0.29, 0.717) is 11.5 Å². The second-order valence-electron chi connectivity index (χ2n) is 1.86. The Hall–Kier alpha value is -0.640. The van der Waals surface area contributed by atoms with Crippen molar-refractivity contribution < 1.29 is 14.3 Å². The molecule has 0 aliphatic rings. The van der Waals surface area contributed by atoms with Gasteiger partial charge in [-0.15, -0.1) is 0 Å². The summed E-state index contributed by atoms with van der Waals surface area (Å²) >= 11 is 4.63. The summed E-state index contributed by atoms with van der Waals surface area (Å²) < 4.78 is 8.89. The highest BCUT2D eigenvalue weighted by Crippen LogP contribution is 1.81. The third kappa shape index (κ3) is 12.1. The second kappa shape index (κ2) is 10.4. The van der Waals surface area contributed by atoms with E-state index < -0.39 is 0 Å². The maximum atomic E-state index is 9.96. The van der Waals surface area contributed by atoms with E-state index in [1.807, 2.05) is 6.92 Å². The van der Waals surface area contributed by atoms with Crippen LogP contribution in [0, 0.1) is 0 Å². The number of carbonyl (C=O) groups is 1. The summed E-state index contributed by atoms with van der Waals surface area (Å²) in [6.45, 7) is 3.72. The van der Waals surface area contributed by atoms with Crippen LogP contribution in [0.2, 0.25) is 0 Å². The number of rotatable bonds is 2. The van der Waals surface area contributed by atoms with Crippen LogP contribution in [-0.2, 0) is 14.3 Å². The summed E-state index contributed by atoms with van der Waals surface area (Å²) in [4.78, 5) is 9.96. The first-order valence-corrected chi connectivity index (χ1v) is 4.16. The van der Waals surface area contributed by atoms with Crippen molar-refractivity contribution in [1.82, 2.24) is 0 Å². The fourth-order valence-corrected chi connectivity index (χ4v) is 0.289. The molecule has 0 fully saturated rings. The van der Waals surface area contributed by atoms with E-state index >= 15 is 0 Å². The molecule has 0 heterocycles. The predicted molar refractivity (Wildman–Crippen MR) is 52.2 cm³/mol. The first kappa shape index (κ1) is 13.9. The Morgan fingerprint density at radius 1 is 1.17 bits per heavy atom. The van der Waals surface area contributed by atoms with E-state index in [2.05, 4.69) is 21.7 Å². The van der Waals surface area contributed by atoms with Gasteiger partial charge in [-0.2, -0.15) is 0 Å². The van der Waals surface area contributed by atoms with Crippen molar-refractivity contribution in [2.24, 2.45) is 0 Å². The summed E-state index contributed by atoms with van der Waals surface area (Å²) in [6.07, 6.45) is 1.31. The van der Waals surface area contributed by atoms with Crippen molar-refractivity contribution >= 4 is 23.2 Å². The standard InChI is InChI=1S/C4H8O2.C4H8OS/c1-3-4(5)6-2;1-3-4(6)5-2/h2*3H2,1-2H3. The van der Waals surface area contributed by atoms with Crippen LogP contribution >= 0.6 is 12.2 Å². The van der Waals surface area contributed by atoms with E-state index in [1.165, 1.54) is 7.11 Å². The van der Waals surface area contributed by atoms with Crippen LogP contribution in [0.3, 0.4) is 0 Å². The van der Waals surface area contributed by atoms with Gasteiger partial charge in [0.25, 0.3) is 0 Å². The largest absolute Gasteiger partial charge is 0.490 e. The van der Waals surface area contributed by atoms with Gasteiger partial charge in [-0.25, -0.2) is 0 Å². The Balaban J connectivity index is 0. The highest BCUT2D eigenvalue weighted by Gasteiger charge is 1.87. The van der Waals surface area contributed by atoms with E-state index in [1.54, 1.807) is 14.0 Å². The third-order valence-electron chi connectivity index (χ3n) is 1.03. The Kier molecular flexibility index (Phi) is 12.0. The molecule has 0 atom stereocenters. The van der Waals surface area contributed by atoms with E-state index in [-0.39, 0.29) is 5.97 Å². The Labute approximate surface area is 79.0 Å². The molecule has 0 N–H and O–H groups in total. The number of carbonyl (C=O) groups excluding carboxylic acids is 1. The Bertz CT molecular complexity index is 106. The van der Waals surface area contributed by atoms with Crippen LogP contribution in [0.25, 0.3) is 0 Å². The molecule has 0 unspecified atom stereocenters. The van der Waals surface area contributed by atoms with Gasteiger partial charge in [0.15, 0.2) is 5.05 Å². The summed E-state index contributed by atoms with van der Waals surface area (Å²) in [5.41, 5.74) is 0. The summed E-state index contributed by atoms with van der Waals surface area (Å²) in [6, 6.07) is 0. The minimum Gasteiger partial charge on any atom is -0.490 e. The zero-order valence-electron chi connectivity index (χ0n) is 8.05. The number of esters is 1. The molecule has 0 aromatic carbocycles. The quantitative estimate of drug-likeness (QED) is 0.495. The monoisotopic (exact) mass is 192 g/mol. The van der Waals surface area contributed by atoms with Gasteiger partial charge in [0.05, 0.1) is 14.2 Å². The number of ether oxygens (including phenoxy) is 2. The molecule has 3 nitrogen and oxygen atoms in total. The van der Waals surface area contributed by atoms with Gasteiger partial charge in [0.2, 0.25) is 0 Å². The third-order valence-corrected chi connectivity index (χ3v) is 1.49. The average molecular weight is 192 g/mol. The molecular weight excluding hydrogens is 176 g/mol. The van der Waals surface area contributed by atoms with Crippen LogP contribution < -0.4 is 0 Å². The fourth-order valence-electron chi connectivity index (χ4n) is 0.289. The lowest BCUT2D eigenvalue weighted by Gasteiger charge is -1.91. The van der Waals surface area contributed by atoms with Crippen LogP contribution in [0.4, 0.5) is 0 Å². The van der Waals surface area contributed by atoms with Gasteiger partial charge in [-0.05, 0) is 12.2 Å². The SMILES string of the molecule is CCC(=O)OC.CCC(=S)OC. The number of hydrogen-bond donors (Lipinski definition) is 0. The molecule has 72 valence electrons. The Morgan fingerprint density at radius 2 is 1.67 bits per heavy atom. The first-order valence-electron chi connectivity index (χ1n) is 3.75. The lowest BCUT2D eigenvalue weighted by molar-refractivity contribution is -0.140. The van der Waals surface area contributed by atoms with Crippen LogP contribution in [0.1, 0.15) is 26.7 Å². The van der Waals surface area contributed by atoms with Gasteiger partial charge >= 0.3 is 5.97 Å². The molecule has 0 spiro atoms. The topological polar surface area (TPSA) is 35.5 Å². The highest BCUT2D eigenvalue weighted by atomic mass is 32.1. The number of methoxy groups -OCH3 is 2. The van der Waals surface area contributed by atoms with Crippen molar-refractivity contribution in [1.29, 1.82) is 0 Å². The average Bonchev–Trinajstić information content (AvgIpc) is 2.16. The molecule has 0 aromatic heterocycles. The van der Waals surface area contributed by atoms with Gasteiger partial charge in [0, 0.05) is 12.8 Å². The van der Waals surface area contributed by atoms with Crippen molar-refractivity contribution in [3.8, 4) is 0 Å². The molecule has 0 radical (unpaired) electrons. The minimum absolute atomic E-state index is 0.157. The fraction of sp³-hybridized carbons (Fsp3) is 0.750. The van der Waals surface area contributed by atoms with Crippen molar-refractivity contribution in [3.05, 3.63) is 0 Å². The lowest BCUT2D eigenvalue weighted by atomic mass is 10.5. The molecule has 4 heteroatoms. The molecule has 0 aromatic rings. The molecule has 0 aliphatic heterocycles. The summed E-state index contributed by atoms with van der Waals surface area (Å²) in [5.74, 6) is -0.157. The zero-order valence-corrected chi connectivity index (χ0v) is 8.86. The molecule has 0 amide bonds. The minimum atomic E-state index is -0.157. The highest BCUT2D eigenvalue weighted by molar-refractivity contribution is 7.80. The molecule has 0 rings (SSSR count). The second-order valence-corrected chi connectivity index (χ2v) is 2.31. The molecule has 0 saturated carbocycles. The summed E-state index contributed by atoms with van der Waals surface area (Å²) in [5, 5.41) is 0.676. The normalized spacial score (nSPS) is 7.67. The van der Waals surface area contributed by atoms with Crippen molar-refractivity contribution in [2.75, 3.05) is 14.2 Å². The van der Waals surface area contributed by atoms with E-state index in [4.69, 9.17) is 0 Å². The number of thiocarbonyl (C=S) groups is 1. The van der Waals surface area contributed by atoms with Crippen molar-refractivity contribution in [3.63, 3.8) is 0 Å². The smallest absolute Gasteiger partial charge is 0.305 e. The van der Waals surface area contributed by atoms with Gasteiger partial charge in [0.1, 0.15) is 0 Å². The molecule has 12 heavy (non-hydrogen) atoms. The van der Waals surface area contributed by atoms with Crippen LogP contribution in [-0.4, -0.2) is 25.2 Å². The lowest BCUT2D eigenvalue weighted by Crippen LogP contribution is -1.94. The van der Waals surface area contributed by atoms with Crippen molar-refractivity contribution in [2.45, 2.75) is 26.7 Å². The maximum Gasteiger partial charge on any atom is 0.305 e.